The SMILES string of the molecule is CCNC(=O)c1sc(NCC(F)F)c(C(=O)OCC)c1N. The summed E-state index contributed by atoms with van der Waals surface area (Å²) in [6, 6.07) is 0. The molecule has 1 aromatic rings. The Morgan fingerprint density at radius 1 is 1.38 bits per heavy atom. The predicted octanol–water partition coefficient (Wildman–Crippen LogP) is 1.93. The molecule has 0 saturated heterocycles. The standard InChI is InChI=1S/C12H17F2N3O3S/c1-3-16-10(18)9-8(15)7(12(19)20-4-2)11(21-9)17-5-6(13)14/h6,17H,3-5,15H2,1-2H3,(H,16,18). The molecule has 0 radical (unpaired) electrons. The van der Waals surface area contributed by atoms with Crippen LogP contribution in [-0.2, 0) is 4.74 Å². The van der Waals surface area contributed by atoms with Crippen molar-refractivity contribution in [3.05, 3.63) is 10.4 Å². The molecule has 9 heteroatoms. The Kier molecular flexibility index (Phi) is 6.35. The zero-order chi connectivity index (χ0) is 16.0. The predicted molar refractivity (Wildman–Crippen MR) is 77.2 cm³/mol. The molecule has 0 aliphatic rings. The van der Waals surface area contributed by atoms with E-state index in [1.165, 1.54) is 0 Å². The molecule has 0 atom stereocenters. The Hall–Kier alpha value is -1.90. The van der Waals surface area contributed by atoms with Gasteiger partial charge in [-0.05, 0) is 13.8 Å². The van der Waals surface area contributed by atoms with Gasteiger partial charge in [-0.2, -0.15) is 0 Å². The minimum Gasteiger partial charge on any atom is -0.462 e. The van der Waals surface area contributed by atoms with Crippen LogP contribution in [0, 0.1) is 0 Å². The number of hydrogen-bond acceptors (Lipinski definition) is 6. The molecule has 1 amide bonds. The molecule has 0 saturated carbocycles. The van der Waals surface area contributed by atoms with Gasteiger partial charge in [-0.25, -0.2) is 13.6 Å². The lowest BCUT2D eigenvalue weighted by Gasteiger charge is -2.07. The number of hydrogen-bond donors (Lipinski definition) is 3. The van der Waals surface area contributed by atoms with E-state index < -0.39 is 24.8 Å². The largest absolute Gasteiger partial charge is 0.462 e. The van der Waals surface area contributed by atoms with Crippen LogP contribution in [0.4, 0.5) is 19.5 Å². The fourth-order valence-corrected chi connectivity index (χ4v) is 2.59. The molecule has 0 spiro atoms. The van der Waals surface area contributed by atoms with E-state index in [1.54, 1.807) is 13.8 Å². The van der Waals surface area contributed by atoms with Crippen LogP contribution in [0.25, 0.3) is 0 Å². The Morgan fingerprint density at radius 3 is 2.57 bits per heavy atom. The number of esters is 1. The highest BCUT2D eigenvalue weighted by molar-refractivity contribution is 7.19. The van der Waals surface area contributed by atoms with Crippen LogP contribution >= 0.6 is 11.3 Å². The van der Waals surface area contributed by atoms with Crippen molar-refractivity contribution in [3.63, 3.8) is 0 Å². The monoisotopic (exact) mass is 321 g/mol. The number of rotatable bonds is 7. The lowest BCUT2D eigenvalue weighted by Crippen LogP contribution is -2.22. The second kappa shape index (κ2) is 7.77. The maximum absolute atomic E-state index is 12.3. The Balaban J connectivity index is 3.16. The number of alkyl halides is 2. The van der Waals surface area contributed by atoms with Gasteiger partial charge in [0.25, 0.3) is 12.3 Å². The Labute approximate surface area is 124 Å². The molecular formula is C12H17F2N3O3S. The summed E-state index contributed by atoms with van der Waals surface area (Å²) in [6.45, 7) is 3.17. The molecule has 1 rings (SSSR count). The number of amides is 1. The summed E-state index contributed by atoms with van der Waals surface area (Å²) in [5.74, 6) is -1.21. The van der Waals surface area contributed by atoms with E-state index >= 15 is 0 Å². The van der Waals surface area contributed by atoms with Crippen molar-refractivity contribution in [3.8, 4) is 0 Å². The van der Waals surface area contributed by atoms with Gasteiger partial charge in [-0.1, -0.05) is 0 Å². The van der Waals surface area contributed by atoms with E-state index in [0.717, 1.165) is 11.3 Å². The molecular weight excluding hydrogens is 304 g/mol. The van der Waals surface area contributed by atoms with Gasteiger partial charge in [0.15, 0.2) is 0 Å². The third-order valence-corrected chi connectivity index (χ3v) is 3.55. The third kappa shape index (κ3) is 4.28. The van der Waals surface area contributed by atoms with Gasteiger partial charge in [0.05, 0.1) is 18.8 Å². The number of nitrogen functional groups attached to an aromatic ring is 1. The van der Waals surface area contributed by atoms with Crippen LogP contribution < -0.4 is 16.4 Å². The average molecular weight is 321 g/mol. The van der Waals surface area contributed by atoms with E-state index in [4.69, 9.17) is 10.5 Å². The fraction of sp³-hybridized carbons (Fsp3) is 0.500. The summed E-state index contributed by atoms with van der Waals surface area (Å²) in [4.78, 5) is 23.8. The first kappa shape index (κ1) is 17.2. The second-order valence-electron chi connectivity index (χ2n) is 3.90. The average Bonchev–Trinajstić information content (AvgIpc) is 2.74. The molecule has 1 heterocycles. The van der Waals surface area contributed by atoms with Crippen LogP contribution in [-0.4, -0.2) is 38.0 Å². The summed E-state index contributed by atoms with van der Waals surface area (Å²) >= 11 is 0.848. The zero-order valence-electron chi connectivity index (χ0n) is 11.7. The topological polar surface area (TPSA) is 93.5 Å². The number of nitrogens with two attached hydrogens (primary N) is 1. The first-order valence-corrected chi connectivity index (χ1v) is 7.13. The molecule has 1 aromatic heterocycles. The number of halogens is 2. The number of thiophene rings is 1. The van der Waals surface area contributed by atoms with E-state index in [9.17, 15) is 18.4 Å². The number of carbonyl (C=O) groups is 2. The highest BCUT2D eigenvalue weighted by atomic mass is 32.1. The van der Waals surface area contributed by atoms with Crippen LogP contribution in [0.5, 0.6) is 0 Å². The normalized spacial score (nSPS) is 10.5. The van der Waals surface area contributed by atoms with Gasteiger partial charge in [0.2, 0.25) is 0 Å². The number of carbonyl (C=O) groups excluding carboxylic acids is 2. The summed E-state index contributed by atoms with van der Waals surface area (Å²) in [5.41, 5.74) is 5.65. The lowest BCUT2D eigenvalue weighted by atomic mass is 10.2. The lowest BCUT2D eigenvalue weighted by molar-refractivity contribution is 0.0529. The number of anilines is 2. The summed E-state index contributed by atoms with van der Waals surface area (Å²) in [5, 5.41) is 5.06. The van der Waals surface area contributed by atoms with Crippen molar-refractivity contribution in [1.82, 2.24) is 5.32 Å². The molecule has 0 unspecified atom stereocenters. The minimum absolute atomic E-state index is 0.0684. The first-order chi connectivity index (χ1) is 9.92. The fourth-order valence-electron chi connectivity index (χ4n) is 1.55. The van der Waals surface area contributed by atoms with Gasteiger partial charge < -0.3 is 21.1 Å². The number of ether oxygens (including phenoxy) is 1. The van der Waals surface area contributed by atoms with Gasteiger partial charge in [0, 0.05) is 6.54 Å². The van der Waals surface area contributed by atoms with Crippen molar-refractivity contribution >= 4 is 33.9 Å². The molecule has 4 N–H and O–H groups in total. The van der Waals surface area contributed by atoms with Crippen molar-refractivity contribution in [2.45, 2.75) is 20.3 Å². The van der Waals surface area contributed by atoms with Gasteiger partial charge in [-0.15, -0.1) is 11.3 Å². The van der Waals surface area contributed by atoms with E-state index in [0.29, 0.717) is 6.54 Å². The molecule has 0 bridgehead atoms. The summed E-state index contributed by atoms with van der Waals surface area (Å²) in [6.07, 6.45) is -2.60. The molecule has 0 fully saturated rings. The highest BCUT2D eigenvalue weighted by Gasteiger charge is 2.26. The Bertz CT molecular complexity index is 520. The maximum Gasteiger partial charge on any atom is 0.343 e. The molecule has 118 valence electrons. The van der Waals surface area contributed by atoms with Crippen molar-refractivity contribution in [2.24, 2.45) is 0 Å². The molecule has 0 aliphatic carbocycles. The van der Waals surface area contributed by atoms with Crippen molar-refractivity contribution < 1.29 is 23.1 Å². The van der Waals surface area contributed by atoms with Gasteiger partial charge >= 0.3 is 5.97 Å². The van der Waals surface area contributed by atoms with E-state index in [-0.39, 0.29) is 27.7 Å². The van der Waals surface area contributed by atoms with Crippen molar-refractivity contribution in [2.75, 3.05) is 30.7 Å². The summed E-state index contributed by atoms with van der Waals surface area (Å²) < 4.78 is 29.4. The van der Waals surface area contributed by atoms with E-state index in [2.05, 4.69) is 10.6 Å². The molecule has 0 aliphatic heterocycles. The second-order valence-corrected chi connectivity index (χ2v) is 4.92. The summed E-state index contributed by atoms with van der Waals surface area (Å²) in [7, 11) is 0. The van der Waals surface area contributed by atoms with Gasteiger partial charge in [-0.3, -0.25) is 4.79 Å². The zero-order valence-corrected chi connectivity index (χ0v) is 12.5. The highest BCUT2D eigenvalue weighted by Crippen LogP contribution is 2.36. The molecule has 6 nitrogen and oxygen atoms in total. The first-order valence-electron chi connectivity index (χ1n) is 6.31. The van der Waals surface area contributed by atoms with Gasteiger partial charge in [0.1, 0.15) is 15.4 Å². The Morgan fingerprint density at radius 2 is 2.05 bits per heavy atom. The third-order valence-electron chi connectivity index (χ3n) is 2.39. The van der Waals surface area contributed by atoms with Crippen LogP contribution in [0.1, 0.15) is 33.9 Å². The van der Waals surface area contributed by atoms with Crippen LogP contribution in [0.15, 0.2) is 0 Å². The van der Waals surface area contributed by atoms with E-state index in [1.807, 2.05) is 0 Å². The molecule has 21 heavy (non-hydrogen) atoms. The minimum atomic E-state index is -2.60. The number of nitrogens with one attached hydrogen (secondary N) is 2. The van der Waals surface area contributed by atoms with Crippen LogP contribution in [0.2, 0.25) is 0 Å². The quantitative estimate of drug-likeness (QED) is 0.667. The maximum atomic E-state index is 12.3. The molecule has 0 aromatic carbocycles. The van der Waals surface area contributed by atoms with Crippen LogP contribution in [0.3, 0.4) is 0 Å². The smallest absolute Gasteiger partial charge is 0.343 e. The van der Waals surface area contributed by atoms with Crippen molar-refractivity contribution in [1.29, 1.82) is 0 Å².